The number of pyridine rings is 1. The number of hydrogen-bond acceptors (Lipinski definition) is 6. The fraction of sp³-hybridized carbons (Fsp3) is 0.500. The van der Waals surface area contributed by atoms with E-state index in [4.69, 9.17) is 5.73 Å². The second-order valence-electron chi connectivity index (χ2n) is 7.70. The first kappa shape index (κ1) is 19.4. The summed E-state index contributed by atoms with van der Waals surface area (Å²) in [4.78, 5) is 35.0. The highest BCUT2D eigenvalue weighted by molar-refractivity contribution is 5.97. The Balaban J connectivity index is 1.43. The quantitative estimate of drug-likeness (QED) is 0.808. The van der Waals surface area contributed by atoms with E-state index in [-0.39, 0.29) is 17.6 Å². The Bertz CT molecular complexity index is 917. The van der Waals surface area contributed by atoms with E-state index in [0.717, 1.165) is 62.8 Å². The van der Waals surface area contributed by atoms with Crippen LogP contribution in [0.5, 0.6) is 0 Å². The van der Waals surface area contributed by atoms with Gasteiger partial charge >= 0.3 is 0 Å². The van der Waals surface area contributed by atoms with Crippen LogP contribution in [0.4, 0.5) is 11.5 Å². The topological polar surface area (TPSA) is 101 Å². The van der Waals surface area contributed by atoms with Crippen molar-refractivity contribution in [1.82, 2.24) is 19.7 Å². The number of primary amides is 1. The van der Waals surface area contributed by atoms with Gasteiger partial charge in [0.1, 0.15) is 11.5 Å². The van der Waals surface area contributed by atoms with E-state index in [1.54, 1.807) is 16.9 Å². The molecule has 0 aromatic carbocycles. The number of hydrogen-bond donors (Lipinski definition) is 1. The van der Waals surface area contributed by atoms with Crippen LogP contribution in [0.3, 0.4) is 0 Å². The van der Waals surface area contributed by atoms with Gasteiger partial charge in [0.15, 0.2) is 0 Å². The van der Waals surface area contributed by atoms with Crippen LogP contribution < -0.4 is 15.5 Å². The van der Waals surface area contributed by atoms with Gasteiger partial charge in [-0.15, -0.1) is 0 Å². The normalized spacial score (nSPS) is 20.9. The van der Waals surface area contributed by atoms with Gasteiger partial charge in [-0.05, 0) is 31.9 Å². The van der Waals surface area contributed by atoms with E-state index in [1.165, 1.54) is 0 Å². The van der Waals surface area contributed by atoms with E-state index < -0.39 is 5.91 Å². The van der Waals surface area contributed by atoms with E-state index in [2.05, 4.69) is 19.9 Å². The zero-order valence-electron chi connectivity index (χ0n) is 16.9. The first-order chi connectivity index (χ1) is 13.9. The molecular formula is C20H27N7O2. The van der Waals surface area contributed by atoms with Crippen LogP contribution in [-0.4, -0.2) is 70.2 Å². The number of carbonyl (C=O) groups excluding carboxylic acids is 2. The van der Waals surface area contributed by atoms with Crippen molar-refractivity contribution in [1.29, 1.82) is 0 Å². The van der Waals surface area contributed by atoms with Crippen molar-refractivity contribution in [3.05, 3.63) is 35.8 Å². The molecule has 9 heteroatoms. The van der Waals surface area contributed by atoms with Gasteiger partial charge in [0.25, 0.3) is 5.91 Å². The van der Waals surface area contributed by atoms with Gasteiger partial charge in [-0.1, -0.05) is 0 Å². The summed E-state index contributed by atoms with van der Waals surface area (Å²) >= 11 is 0. The fourth-order valence-corrected chi connectivity index (χ4v) is 4.31. The lowest BCUT2D eigenvalue weighted by atomic mass is 10.0. The van der Waals surface area contributed by atoms with Crippen molar-refractivity contribution >= 4 is 23.3 Å². The molecule has 0 saturated carbocycles. The second kappa shape index (κ2) is 7.82. The van der Waals surface area contributed by atoms with Gasteiger partial charge in [0.05, 0.1) is 11.7 Å². The first-order valence-corrected chi connectivity index (χ1v) is 10.0. The molecule has 0 aliphatic carbocycles. The third-order valence-corrected chi connectivity index (χ3v) is 5.78. The molecule has 2 aliphatic rings. The molecule has 0 spiro atoms. The van der Waals surface area contributed by atoms with Gasteiger partial charge in [-0.25, -0.2) is 0 Å². The largest absolute Gasteiger partial charge is 0.369 e. The molecule has 1 atom stereocenters. The Morgan fingerprint density at radius 1 is 1.17 bits per heavy atom. The smallest absolute Gasteiger partial charge is 0.267 e. The highest BCUT2D eigenvalue weighted by atomic mass is 16.2. The van der Waals surface area contributed by atoms with Crippen molar-refractivity contribution < 1.29 is 9.59 Å². The number of aromatic nitrogens is 3. The van der Waals surface area contributed by atoms with E-state index in [0.29, 0.717) is 0 Å². The Labute approximate surface area is 170 Å². The summed E-state index contributed by atoms with van der Waals surface area (Å²) in [5, 5.41) is 4.39. The van der Waals surface area contributed by atoms with Crippen LogP contribution in [0.25, 0.3) is 0 Å². The number of piperazine rings is 1. The summed E-state index contributed by atoms with van der Waals surface area (Å²) in [6.45, 7) is 5.85. The third kappa shape index (κ3) is 3.82. The summed E-state index contributed by atoms with van der Waals surface area (Å²) in [6.07, 6.45) is 3.47. The lowest BCUT2D eigenvalue weighted by Gasteiger charge is -2.43. The van der Waals surface area contributed by atoms with Crippen LogP contribution >= 0.6 is 0 Å². The van der Waals surface area contributed by atoms with E-state index in [9.17, 15) is 9.59 Å². The molecular weight excluding hydrogens is 370 g/mol. The SMILES string of the molecule is Cc1cc(N2CCCC(N3CCN(c4ccnc(C(N)=O)c4)CC3)C2=O)n(C)n1. The minimum atomic E-state index is -0.524. The molecule has 2 aliphatic heterocycles. The maximum Gasteiger partial charge on any atom is 0.267 e. The molecule has 4 rings (SSSR count). The number of nitrogens with zero attached hydrogens (tertiary/aromatic N) is 6. The van der Waals surface area contributed by atoms with Gasteiger partial charge in [0.2, 0.25) is 5.91 Å². The Kier molecular flexibility index (Phi) is 5.23. The molecule has 2 saturated heterocycles. The Hall–Kier alpha value is -2.94. The molecule has 154 valence electrons. The summed E-state index contributed by atoms with van der Waals surface area (Å²) in [5.74, 6) is 0.503. The number of aryl methyl sites for hydroxylation is 2. The van der Waals surface area contributed by atoms with Crippen LogP contribution in [0, 0.1) is 6.92 Å². The number of anilines is 2. The first-order valence-electron chi connectivity index (χ1n) is 10.0. The van der Waals surface area contributed by atoms with Crippen LogP contribution in [0.15, 0.2) is 24.4 Å². The average molecular weight is 397 g/mol. The third-order valence-electron chi connectivity index (χ3n) is 5.78. The van der Waals surface area contributed by atoms with Gasteiger partial charge in [-0.3, -0.25) is 29.1 Å². The van der Waals surface area contributed by atoms with Crippen molar-refractivity contribution in [2.24, 2.45) is 12.8 Å². The molecule has 2 N–H and O–H groups in total. The lowest BCUT2D eigenvalue weighted by Crippen LogP contribution is -2.58. The standard InChI is InChI=1S/C20H27N7O2/c1-14-12-18(24(2)23-14)27-7-3-4-17(20(27)29)26-10-8-25(9-11-26)15-5-6-22-16(13-15)19(21)28/h5-6,12-13,17H,3-4,7-11H2,1-2H3,(H2,21,28). The number of piperidine rings is 1. The van der Waals surface area contributed by atoms with E-state index in [1.807, 2.05) is 31.0 Å². The lowest BCUT2D eigenvalue weighted by molar-refractivity contribution is -0.125. The highest BCUT2D eigenvalue weighted by Gasteiger charge is 2.36. The van der Waals surface area contributed by atoms with Gasteiger partial charge in [-0.2, -0.15) is 5.10 Å². The average Bonchev–Trinajstić information content (AvgIpc) is 3.06. The second-order valence-corrected chi connectivity index (χ2v) is 7.70. The predicted octanol–water partition coefficient (Wildman–Crippen LogP) is 0.540. The molecule has 29 heavy (non-hydrogen) atoms. The predicted molar refractivity (Wildman–Crippen MR) is 110 cm³/mol. The van der Waals surface area contributed by atoms with Crippen LogP contribution in [-0.2, 0) is 11.8 Å². The molecule has 4 heterocycles. The maximum absolute atomic E-state index is 13.2. The molecule has 2 aromatic rings. The molecule has 2 aromatic heterocycles. The highest BCUT2D eigenvalue weighted by Crippen LogP contribution is 2.26. The van der Waals surface area contributed by atoms with Crippen LogP contribution in [0.2, 0.25) is 0 Å². The van der Waals surface area contributed by atoms with Crippen LogP contribution in [0.1, 0.15) is 29.0 Å². The van der Waals surface area contributed by atoms with Crippen molar-refractivity contribution in [2.45, 2.75) is 25.8 Å². The number of carbonyl (C=O) groups is 2. The summed E-state index contributed by atoms with van der Waals surface area (Å²) in [7, 11) is 1.88. The van der Waals surface area contributed by atoms with Crippen molar-refractivity contribution in [3.8, 4) is 0 Å². The van der Waals surface area contributed by atoms with Crippen molar-refractivity contribution in [3.63, 3.8) is 0 Å². The molecule has 9 nitrogen and oxygen atoms in total. The number of nitrogens with two attached hydrogens (primary N) is 1. The number of amides is 2. The summed E-state index contributed by atoms with van der Waals surface area (Å²) in [6, 6.07) is 5.49. The monoisotopic (exact) mass is 397 g/mol. The molecule has 2 amide bonds. The van der Waals surface area contributed by atoms with Gasteiger partial charge < -0.3 is 10.6 Å². The molecule has 0 radical (unpaired) electrons. The fourth-order valence-electron chi connectivity index (χ4n) is 4.31. The summed E-state index contributed by atoms with van der Waals surface area (Å²) in [5.41, 5.74) is 7.47. The molecule has 1 unspecified atom stereocenters. The Morgan fingerprint density at radius 2 is 1.93 bits per heavy atom. The van der Waals surface area contributed by atoms with Gasteiger partial charge in [0, 0.05) is 57.7 Å². The maximum atomic E-state index is 13.2. The number of rotatable bonds is 4. The minimum Gasteiger partial charge on any atom is -0.369 e. The summed E-state index contributed by atoms with van der Waals surface area (Å²) < 4.78 is 1.79. The van der Waals surface area contributed by atoms with E-state index >= 15 is 0 Å². The zero-order valence-corrected chi connectivity index (χ0v) is 16.9. The Morgan fingerprint density at radius 3 is 2.59 bits per heavy atom. The molecule has 2 fully saturated rings. The minimum absolute atomic E-state index is 0.0975. The molecule has 0 bridgehead atoms. The van der Waals surface area contributed by atoms with Crippen molar-refractivity contribution in [2.75, 3.05) is 42.5 Å². The zero-order chi connectivity index (χ0) is 20.5.